The number of nitrogens with two attached hydrogens (primary N) is 1. The Morgan fingerprint density at radius 3 is 3.00 bits per heavy atom. The standard InChI is InChI=1S/C13H17N/c14-12-8-7-10-4-1-3-9-5-2-6-11(12)13(9)10/h2,5-6,10,12H,1,3-4,7-8,14H2/t10-,12?/m1/s1. The summed E-state index contributed by atoms with van der Waals surface area (Å²) in [6, 6.07) is 7.02. The van der Waals surface area contributed by atoms with Gasteiger partial charge in [-0.05, 0) is 54.7 Å². The third kappa shape index (κ3) is 1.12. The van der Waals surface area contributed by atoms with Crippen LogP contribution in [0.25, 0.3) is 0 Å². The molecule has 0 saturated heterocycles. The molecule has 1 unspecified atom stereocenters. The molecule has 1 aromatic rings. The zero-order valence-corrected chi connectivity index (χ0v) is 8.50. The molecular weight excluding hydrogens is 170 g/mol. The van der Waals surface area contributed by atoms with Gasteiger partial charge in [0.15, 0.2) is 0 Å². The van der Waals surface area contributed by atoms with Gasteiger partial charge in [-0.2, -0.15) is 0 Å². The Bertz CT molecular complexity index is 356. The Balaban J connectivity index is 2.19. The molecule has 2 aliphatic carbocycles. The summed E-state index contributed by atoms with van der Waals surface area (Å²) in [6.45, 7) is 0. The maximum absolute atomic E-state index is 6.16. The molecule has 0 radical (unpaired) electrons. The quantitative estimate of drug-likeness (QED) is 0.664. The van der Waals surface area contributed by atoms with Crippen molar-refractivity contribution >= 4 is 0 Å². The molecule has 0 heterocycles. The van der Waals surface area contributed by atoms with Gasteiger partial charge in [0.1, 0.15) is 0 Å². The van der Waals surface area contributed by atoms with Crippen LogP contribution in [0.5, 0.6) is 0 Å². The minimum atomic E-state index is 0.305. The van der Waals surface area contributed by atoms with E-state index in [-0.39, 0.29) is 0 Å². The molecule has 0 bridgehead atoms. The van der Waals surface area contributed by atoms with Crippen LogP contribution in [0, 0.1) is 0 Å². The number of rotatable bonds is 0. The summed E-state index contributed by atoms with van der Waals surface area (Å²) in [5.74, 6) is 0.828. The molecule has 1 aromatic carbocycles. The van der Waals surface area contributed by atoms with E-state index in [2.05, 4.69) is 18.2 Å². The molecule has 0 spiro atoms. The normalized spacial score (nSPS) is 29.8. The zero-order chi connectivity index (χ0) is 9.54. The van der Waals surface area contributed by atoms with Crippen molar-refractivity contribution in [2.24, 2.45) is 5.73 Å². The molecule has 0 saturated carbocycles. The van der Waals surface area contributed by atoms with Crippen LogP contribution < -0.4 is 5.73 Å². The fourth-order valence-electron chi connectivity index (χ4n) is 3.18. The molecule has 0 aliphatic heterocycles. The van der Waals surface area contributed by atoms with Crippen molar-refractivity contribution in [3.05, 3.63) is 34.9 Å². The van der Waals surface area contributed by atoms with Crippen molar-refractivity contribution in [2.75, 3.05) is 0 Å². The van der Waals surface area contributed by atoms with Crippen LogP contribution in [-0.4, -0.2) is 0 Å². The van der Waals surface area contributed by atoms with Crippen LogP contribution in [-0.2, 0) is 6.42 Å². The van der Waals surface area contributed by atoms with Gasteiger partial charge in [0.2, 0.25) is 0 Å². The van der Waals surface area contributed by atoms with Crippen LogP contribution in [0.3, 0.4) is 0 Å². The third-order valence-electron chi connectivity index (χ3n) is 3.86. The van der Waals surface area contributed by atoms with Gasteiger partial charge >= 0.3 is 0 Å². The molecule has 3 rings (SSSR count). The summed E-state index contributed by atoms with van der Waals surface area (Å²) in [6.07, 6.45) is 6.52. The number of hydrogen-bond acceptors (Lipinski definition) is 1. The number of aryl methyl sites for hydroxylation is 1. The predicted octanol–water partition coefficient (Wildman–Crippen LogP) is 2.90. The van der Waals surface area contributed by atoms with E-state index in [1.165, 1.54) is 37.7 Å². The van der Waals surface area contributed by atoms with E-state index in [0.29, 0.717) is 6.04 Å². The van der Waals surface area contributed by atoms with Gasteiger partial charge in [0, 0.05) is 6.04 Å². The predicted molar refractivity (Wildman–Crippen MR) is 58.3 cm³/mol. The van der Waals surface area contributed by atoms with Crippen LogP contribution in [0.4, 0.5) is 0 Å². The lowest BCUT2D eigenvalue weighted by Gasteiger charge is -2.34. The second kappa shape index (κ2) is 3.09. The second-order valence-electron chi connectivity index (χ2n) is 4.69. The summed E-state index contributed by atoms with van der Waals surface area (Å²) < 4.78 is 0. The molecule has 1 heteroatoms. The van der Waals surface area contributed by atoms with Crippen LogP contribution in [0.15, 0.2) is 18.2 Å². The number of benzene rings is 1. The van der Waals surface area contributed by atoms with Crippen molar-refractivity contribution in [2.45, 2.75) is 44.1 Å². The third-order valence-corrected chi connectivity index (χ3v) is 3.86. The highest BCUT2D eigenvalue weighted by Crippen LogP contribution is 2.43. The lowest BCUT2D eigenvalue weighted by molar-refractivity contribution is 0.439. The van der Waals surface area contributed by atoms with E-state index < -0.39 is 0 Å². The number of hydrogen-bond donors (Lipinski definition) is 1. The van der Waals surface area contributed by atoms with Gasteiger partial charge in [-0.1, -0.05) is 18.2 Å². The molecule has 14 heavy (non-hydrogen) atoms. The zero-order valence-electron chi connectivity index (χ0n) is 8.50. The van der Waals surface area contributed by atoms with E-state index in [9.17, 15) is 0 Å². The Hall–Kier alpha value is -0.820. The summed E-state index contributed by atoms with van der Waals surface area (Å²) >= 11 is 0. The highest BCUT2D eigenvalue weighted by molar-refractivity contribution is 5.43. The molecule has 2 N–H and O–H groups in total. The van der Waals surface area contributed by atoms with Gasteiger partial charge < -0.3 is 5.73 Å². The van der Waals surface area contributed by atoms with E-state index in [0.717, 1.165) is 5.92 Å². The molecule has 0 aromatic heterocycles. The van der Waals surface area contributed by atoms with Crippen molar-refractivity contribution in [1.82, 2.24) is 0 Å². The molecule has 2 atom stereocenters. The largest absolute Gasteiger partial charge is 0.324 e. The first kappa shape index (κ1) is 8.49. The molecule has 74 valence electrons. The SMILES string of the molecule is NC1CC[C@H]2CCCc3cccc1c32. The Morgan fingerprint density at radius 1 is 1.14 bits per heavy atom. The molecule has 0 fully saturated rings. The van der Waals surface area contributed by atoms with Gasteiger partial charge in [0.05, 0.1) is 0 Å². The molecular formula is C13H17N. The minimum Gasteiger partial charge on any atom is -0.324 e. The van der Waals surface area contributed by atoms with Crippen LogP contribution in [0.1, 0.15) is 54.3 Å². The van der Waals surface area contributed by atoms with Crippen molar-refractivity contribution in [1.29, 1.82) is 0 Å². The molecule has 2 aliphatic rings. The average Bonchev–Trinajstić information content (AvgIpc) is 2.24. The first-order valence-corrected chi connectivity index (χ1v) is 5.73. The first-order valence-electron chi connectivity index (χ1n) is 5.73. The van der Waals surface area contributed by atoms with Gasteiger partial charge in [0.25, 0.3) is 0 Å². The highest BCUT2D eigenvalue weighted by atomic mass is 14.6. The summed E-state index contributed by atoms with van der Waals surface area (Å²) in [4.78, 5) is 0. The molecule has 0 amide bonds. The van der Waals surface area contributed by atoms with Crippen molar-refractivity contribution < 1.29 is 0 Å². The monoisotopic (exact) mass is 187 g/mol. The van der Waals surface area contributed by atoms with Crippen molar-refractivity contribution in [3.8, 4) is 0 Å². The smallest absolute Gasteiger partial charge is 0.0298 e. The average molecular weight is 187 g/mol. The van der Waals surface area contributed by atoms with E-state index in [1.807, 2.05) is 0 Å². The lowest BCUT2D eigenvalue weighted by atomic mass is 9.72. The highest BCUT2D eigenvalue weighted by Gasteiger charge is 2.29. The van der Waals surface area contributed by atoms with Crippen LogP contribution in [0.2, 0.25) is 0 Å². The summed E-state index contributed by atoms with van der Waals surface area (Å²) in [7, 11) is 0. The fourth-order valence-corrected chi connectivity index (χ4v) is 3.18. The van der Waals surface area contributed by atoms with Gasteiger partial charge in [-0.15, -0.1) is 0 Å². The summed E-state index contributed by atoms with van der Waals surface area (Å²) in [5.41, 5.74) is 10.8. The Kier molecular flexibility index (Phi) is 1.88. The van der Waals surface area contributed by atoms with E-state index >= 15 is 0 Å². The Morgan fingerprint density at radius 2 is 2.07 bits per heavy atom. The maximum atomic E-state index is 6.16. The minimum absolute atomic E-state index is 0.305. The fraction of sp³-hybridized carbons (Fsp3) is 0.538. The van der Waals surface area contributed by atoms with Crippen molar-refractivity contribution in [3.63, 3.8) is 0 Å². The van der Waals surface area contributed by atoms with Crippen LogP contribution >= 0.6 is 0 Å². The lowest BCUT2D eigenvalue weighted by Crippen LogP contribution is -2.24. The van der Waals surface area contributed by atoms with Gasteiger partial charge in [-0.3, -0.25) is 0 Å². The van der Waals surface area contributed by atoms with Gasteiger partial charge in [-0.25, -0.2) is 0 Å². The maximum Gasteiger partial charge on any atom is 0.0298 e. The summed E-state index contributed by atoms with van der Waals surface area (Å²) in [5, 5.41) is 0. The second-order valence-corrected chi connectivity index (χ2v) is 4.69. The molecule has 1 nitrogen and oxygen atoms in total. The van der Waals surface area contributed by atoms with E-state index in [4.69, 9.17) is 5.73 Å². The first-order chi connectivity index (χ1) is 6.86. The van der Waals surface area contributed by atoms with E-state index in [1.54, 1.807) is 11.1 Å². The Labute approximate surface area is 85.3 Å². The topological polar surface area (TPSA) is 26.0 Å².